The van der Waals surface area contributed by atoms with E-state index in [-0.39, 0.29) is 16.5 Å². The van der Waals surface area contributed by atoms with E-state index in [9.17, 15) is 18.0 Å². The normalized spacial score (nSPS) is 10.6. The predicted molar refractivity (Wildman–Crippen MR) is 57.0 cm³/mol. The molecule has 0 amide bonds. The molecule has 0 radical (unpaired) electrons. The van der Waals surface area contributed by atoms with Crippen molar-refractivity contribution in [2.24, 2.45) is 0 Å². The fourth-order valence-electron chi connectivity index (χ4n) is 1.26. The van der Waals surface area contributed by atoms with Gasteiger partial charge in [-0.2, -0.15) is 8.78 Å². The number of aliphatic carboxylic acids is 1. The third-order valence-corrected chi connectivity index (χ3v) is 2.54. The van der Waals surface area contributed by atoms with Gasteiger partial charge in [0.1, 0.15) is 11.6 Å². The molecule has 94 valence electrons. The van der Waals surface area contributed by atoms with E-state index in [1.807, 2.05) is 0 Å². The standard InChI is InChI=1S/C10H8BrF3O3/c11-4-6-1-5(2-9(15)16)8(3-7(6)12)17-10(13)14/h1,3,10H,2,4H2,(H,15,16). The minimum atomic E-state index is -3.13. The maximum atomic E-state index is 13.3. The summed E-state index contributed by atoms with van der Waals surface area (Å²) in [5, 5.41) is 8.76. The first-order valence-electron chi connectivity index (χ1n) is 4.48. The summed E-state index contributed by atoms with van der Waals surface area (Å²) in [6.45, 7) is -3.13. The Balaban J connectivity index is 3.15. The van der Waals surface area contributed by atoms with Crippen LogP contribution in [0.25, 0.3) is 0 Å². The van der Waals surface area contributed by atoms with Gasteiger partial charge in [-0.05, 0) is 11.6 Å². The van der Waals surface area contributed by atoms with E-state index in [4.69, 9.17) is 5.11 Å². The molecule has 17 heavy (non-hydrogen) atoms. The molecule has 1 rings (SSSR count). The van der Waals surface area contributed by atoms with Crippen molar-refractivity contribution in [1.29, 1.82) is 0 Å². The number of carboxylic acids is 1. The van der Waals surface area contributed by atoms with Crippen LogP contribution in [0, 0.1) is 5.82 Å². The van der Waals surface area contributed by atoms with Crippen LogP contribution in [-0.2, 0) is 16.5 Å². The monoisotopic (exact) mass is 312 g/mol. The number of hydrogen-bond donors (Lipinski definition) is 1. The second-order valence-electron chi connectivity index (χ2n) is 3.13. The van der Waals surface area contributed by atoms with Crippen molar-refractivity contribution in [3.05, 3.63) is 29.1 Å². The smallest absolute Gasteiger partial charge is 0.387 e. The van der Waals surface area contributed by atoms with Crippen LogP contribution in [0.1, 0.15) is 11.1 Å². The lowest BCUT2D eigenvalue weighted by molar-refractivity contribution is -0.136. The van der Waals surface area contributed by atoms with Gasteiger partial charge in [0.25, 0.3) is 0 Å². The summed E-state index contributed by atoms with van der Waals surface area (Å²) in [6, 6.07) is 1.96. The molecule has 0 saturated heterocycles. The Morgan fingerprint density at radius 1 is 1.41 bits per heavy atom. The summed E-state index contributed by atoms with van der Waals surface area (Å²) in [5.41, 5.74) is 0.191. The number of rotatable bonds is 5. The molecule has 0 fully saturated rings. The molecule has 0 unspecified atom stereocenters. The molecule has 0 aliphatic heterocycles. The molecule has 3 nitrogen and oxygen atoms in total. The molecule has 1 aromatic carbocycles. The Hall–Kier alpha value is -1.24. The SMILES string of the molecule is O=C(O)Cc1cc(CBr)c(F)cc1OC(F)F. The quantitative estimate of drug-likeness (QED) is 0.850. The number of halogens is 4. The van der Waals surface area contributed by atoms with Crippen molar-refractivity contribution in [3.8, 4) is 5.75 Å². The van der Waals surface area contributed by atoms with Crippen LogP contribution in [0.5, 0.6) is 5.75 Å². The van der Waals surface area contributed by atoms with Crippen LogP contribution >= 0.6 is 15.9 Å². The molecular weight excluding hydrogens is 305 g/mol. The van der Waals surface area contributed by atoms with Gasteiger partial charge in [-0.3, -0.25) is 4.79 Å². The first-order chi connectivity index (χ1) is 7.93. The van der Waals surface area contributed by atoms with Gasteiger partial charge in [0.15, 0.2) is 0 Å². The number of benzene rings is 1. The van der Waals surface area contributed by atoms with Crippen molar-refractivity contribution in [1.82, 2.24) is 0 Å². The van der Waals surface area contributed by atoms with Crippen LogP contribution in [-0.4, -0.2) is 17.7 Å². The molecule has 0 bridgehead atoms. The summed E-state index contributed by atoms with van der Waals surface area (Å²) in [4.78, 5) is 10.5. The Morgan fingerprint density at radius 3 is 2.53 bits per heavy atom. The van der Waals surface area contributed by atoms with E-state index in [0.717, 1.165) is 6.07 Å². The molecule has 0 aliphatic carbocycles. The Bertz CT molecular complexity index is 424. The van der Waals surface area contributed by atoms with Gasteiger partial charge in [-0.15, -0.1) is 0 Å². The summed E-state index contributed by atoms with van der Waals surface area (Å²) in [7, 11) is 0. The highest BCUT2D eigenvalue weighted by molar-refractivity contribution is 9.08. The van der Waals surface area contributed by atoms with Gasteiger partial charge >= 0.3 is 12.6 Å². The van der Waals surface area contributed by atoms with Gasteiger partial charge in [-0.1, -0.05) is 15.9 Å². The number of carboxylic acid groups (broad SMARTS) is 1. The van der Waals surface area contributed by atoms with Crippen LogP contribution in [0.4, 0.5) is 13.2 Å². The fraction of sp³-hybridized carbons (Fsp3) is 0.300. The first-order valence-corrected chi connectivity index (χ1v) is 5.60. The summed E-state index contributed by atoms with van der Waals surface area (Å²) >= 11 is 3.01. The lowest BCUT2D eigenvalue weighted by Crippen LogP contribution is -2.09. The van der Waals surface area contributed by atoms with Crippen LogP contribution in [0.3, 0.4) is 0 Å². The number of carbonyl (C=O) groups is 1. The largest absolute Gasteiger partial charge is 0.481 e. The number of alkyl halides is 3. The lowest BCUT2D eigenvalue weighted by atomic mass is 10.1. The zero-order valence-corrected chi connectivity index (χ0v) is 10.0. The van der Waals surface area contributed by atoms with E-state index in [1.165, 1.54) is 6.07 Å². The maximum Gasteiger partial charge on any atom is 0.387 e. The maximum absolute atomic E-state index is 13.3. The number of hydrogen-bond acceptors (Lipinski definition) is 2. The zero-order valence-electron chi connectivity index (χ0n) is 8.42. The topological polar surface area (TPSA) is 46.5 Å². The van der Waals surface area contributed by atoms with Crippen LogP contribution < -0.4 is 4.74 Å². The van der Waals surface area contributed by atoms with Gasteiger partial charge in [0.05, 0.1) is 6.42 Å². The second-order valence-corrected chi connectivity index (χ2v) is 3.69. The van der Waals surface area contributed by atoms with E-state index in [2.05, 4.69) is 20.7 Å². The van der Waals surface area contributed by atoms with Crippen LogP contribution in [0.2, 0.25) is 0 Å². The Morgan fingerprint density at radius 2 is 2.06 bits per heavy atom. The molecule has 0 saturated carbocycles. The highest BCUT2D eigenvalue weighted by Crippen LogP contribution is 2.26. The van der Waals surface area contributed by atoms with Gasteiger partial charge < -0.3 is 9.84 Å². The highest BCUT2D eigenvalue weighted by atomic mass is 79.9. The van der Waals surface area contributed by atoms with E-state index >= 15 is 0 Å². The van der Waals surface area contributed by atoms with E-state index in [1.54, 1.807) is 0 Å². The Kier molecular flexibility index (Phi) is 4.80. The van der Waals surface area contributed by atoms with Crippen molar-refractivity contribution < 1.29 is 27.8 Å². The predicted octanol–water partition coefficient (Wildman–Crippen LogP) is 2.95. The second kappa shape index (κ2) is 5.90. The average molecular weight is 313 g/mol. The minimum Gasteiger partial charge on any atom is -0.481 e. The summed E-state index contributed by atoms with van der Waals surface area (Å²) < 4.78 is 41.5. The third-order valence-electron chi connectivity index (χ3n) is 1.93. The highest BCUT2D eigenvalue weighted by Gasteiger charge is 2.16. The van der Waals surface area contributed by atoms with Crippen molar-refractivity contribution in [2.75, 3.05) is 0 Å². The first kappa shape index (κ1) is 13.8. The van der Waals surface area contributed by atoms with Gasteiger partial charge in [0.2, 0.25) is 0 Å². The molecule has 1 aromatic rings. The van der Waals surface area contributed by atoms with Crippen molar-refractivity contribution in [3.63, 3.8) is 0 Å². The lowest BCUT2D eigenvalue weighted by Gasteiger charge is -2.11. The molecular formula is C10H8BrF3O3. The summed E-state index contributed by atoms with van der Waals surface area (Å²) in [5.74, 6) is -2.40. The molecule has 0 spiro atoms. The van der Waals surface area contributed by atoms with Gasteiger partial charge in [0, 0.05) is 17.0 Å². The average Bonchev–Trinajstić information content (AvgIpc) is 2.20. The molecule has 7 heteroatoms. The third kappa shape index (κ3) is 3.92. The molecule has 0 atom stereocenters. The zero-order chi connectivity index (χ0) is 13.0. The Labute approximate surface area is 103 Å². The summed E-state index contributed by atoms with van der Waals surface area (Å²) in [6.07, 6.45) is -0.512. The van der Waals surface area contributed by atoms with E-state index < -0.39 is 30.6 Å². The molecule has 0 heterocycles. The van der Waals surface area contributed by atoms with E-state index in [0.29, 0.717) is 0 Å². The minimum absolute atomic E-state index is 0.00801. The molecule has 0 aromatic heterocycles. The fourth-order valence-corrected chi connectivity index (χ4v) is 1.69. The van der Waals surface area contributed by atoms with Crippen molar-refractivity contribution >= 4 is 21.9 Å². The molecule has 0 aliphatic rings. The van der Waals surface area contributed by atoms with Crippen LogP contribution in [0.15, 0.2) is 12.1 Å². The van der Waals surface area contributed by atoms with Gasteiger partial charge in [-0.25, -0.2) is 4.39 Å². The molecule has 1 N–H and O–H groups in total. The van der Waals surface area contributed by atoms with Crippen molar-refractivity contribution in [2.45, 2.75) is 18.4 Å². The number of ether oxygens (including phenoxy) is 1.